The zero-order chi connectivity index (χ0) is 18.1. The van der Waals surface area contributed by atoms with Gasteiger partial charge >= 0.3 is 0 Å². The van der Waals surface area contributed by atoms with E-state index in [-0.39, 0.29) is 11.4 Å². The van der Waals surface area contributed by atoms with Gasteiger partial charge in [0.25, 0.3) is 5.56 Å². The predicted octanol–water partition coefficient (Wildman–Crippen LogP) is 2.25. The molecule has 0 aliphatic carbocycles. The maximum Gasteiger partial charge on any atom is 0.256 e. The number of pyridine rings is 1. The fraction of sp³-hybridized carbons (Fsp3) is 0.421. The highest BCUT2D eigenvalue weighted by atomic mass is 19.1. The van der Waals surface area contributed by atoms with Gasteiger partial charge in [-0.1, -0.05) is 0 Å². The van der Waals surface area contributed by atoms with Gasteiger partial charge in [-0.3, -0.25) is 14.3 Å². The van der Waals surface area contributed by atoms with Crippen LogP contribution in [0.3, 0.4) is 0 Å². The first-order valence-electron chi connectivity index (χ1n) is 8.95. The van der Waals surface area contributed by atoms with Crippen molar-refractivity contribution in [2.75, 3.05) is 13.1 Å². The summed E-state index contributed by atoms with van der Waals surface area (Å²) in [6, 6.07) is 3.12. The fourth-order valence-electron chi connectivity index (χ4n) is 3.62. The molecule has 1 aliphatic rings. The third-order valence-corrected chi connectivity index (χ3v) is 5.08. The molecule has 4 heterocycles. The quantitative estimate of drug-likeness (QED) is 0.720. The number of imidazole rings is 1. The first-order chi connectivity index (χ1) is 12.6. The number of rotatable bonds is 4. The SMILES string of the molecule is Cc1cncn(CC2CCN(Cc3cn4cc(F)ccc4n3)CC2)c1=O. The Morgan fingerprint density at radius 1 is 1.23 bits per heavy atom. The van der Waals surface area contributed by atoms with Crippen molar-refractivity contribution in [1.29, 1.82) is 0 Å². The third kappa shape index (κ3) is 3.53. The van der Waals surface area contributed by atoms with Crippen LogP contribution >= 0.6 is 0 Å². The molecule has 3 aromatic heterocycles. The fourth-order valence-corrected chi connectivity index (χ4v) is 3.62. The van der Waals surface area contributed by atoms with E-state index < -0.39 is 0 Å². The Hall–Kier alpha value is -2.54. The molecule has 3 aromatic rings. The minimum absolute atomic E-state index is 0.0550. The lowest BCUT2D eigenvalue weighted by molar-refractivity contribution is 0.165. The van der Waals surface area contributed by atoms with Gasteiger partial charge in [0.1, 0.15) is 11.5 Å². The van der Waals surface area contributed by atoms with E-state index in [1.54, 1.807) is 34.5 Å². The van der Waals surface area contributed by atoms with Gasteiger partial charge in [0.15, 0.2) is 0 Å². The molecule has 0 unspecified atom stereocenters. The van der Waals surface area contributed by atoms with Crippen LogP contribution in [0, 0.1) is 18.7 Å². The Morgan fingerprint density at radius 3 is 2.85 bits per heavy atom. The number of hydrogen-bond donors (Lipinski definition) is 0. The van der Waals surface area contributed by atoms with Crippen molar-refractivity contribution in [3.63, 3.8) is 0 Å². The topological polar surface area (TPSA) is 55.4 Å². The summed E-state index contributed by atoms with van der Waals surface area (Å²) in [4.78, 5) is 23.2. The van der Waals surface area contributed by atoms with E-state index in [2.05, 4.69) is 14.9 Å². The Morgan fingerprint density at radius 2 is 2.04 bits per heavy atom. The molecular weight excluding hydrogens is 333 g/mol. The number of likely N-dealkylation sites (tertiary alicyclic amines) is 1. The van der Waals surface area contributed by atoms with Crippen molar-refractivity contribution in [2.45, 2.75) is 32.9 Å². The van der Waals surface area contributed by atoms with Crippen molar-refractivity contribution < 1.29 is 4.39 Å². The number of halogens is 1. The lowest BCUT2D eigenvalue weighted by atomic mass is 9.96. The number of fused-ring (bicyclic) bond motifs is 1. The molecule has 0 aromatic carbocycles. The van der Waals surface area contributed by atoms with E-state index in [1.165, 1.54) is 12.3 Å². The van der Waals surface area contributed by atoms with Crippen molar-refractivity contribution >= 4 is 5.65 Å². The largest absolute Gasteiger partial charge is 0.304 e. The first-order valence-corrected chi connectivity index (χ1v) is 8.95. The molecule has 0 saturated carbocycles. The molecule has 0 atom stereocenters. The van der Waals surface area contributed by atoms with Crippen LogP contribution in [0.5, 0.6) is 0 Å². The highest BCUT2D eigenvalue weighted by molar-refractivity contribution is 5.39. The maximum atomic E-state index is 13.3. The molecule has 0 bridgehead atoms. The molecule has 1 aliphatic heterocycles. The molecule has 136 valence electrons. The molecule has 1 fully saturated rings. The first kappa shape index (κ1) is 16.9. The highest BCUT2D eigenvalue weighted by Gasteiger charge is 2.21. The van der Waals surface area contributed by atoms with Gasteiger partial charge < -0.3 is 4.40 Å². The minimum atomic E-state index is -0.261. The van der Waals surface area contributed by atoms with Crippen LogP contribution in [0.2, 0.25) is 0 Å². The van der Waals surface area contributed by atoms with Crippen molar-refractivity contribution in [3.8, 4) is 0 Å². The summed E-state index contributed by atoms with van der Waals surface area (Å²) in [5, 5.41) is 0. The third-order valence-electron chi connectivity index (χ3n) is 5.08. The lowest BCUT2D eigenvalue weighted by Crippen LogP contribution is -2.36. The molecule has 1 saturated heterocycles. The number of aryl methyl sites for hydroxylation is 1. The second-order valence-corrected chi connectivity index (χ2v) is 7.10. The van der Waals surface area contributed by atoms with E-state index in [4.69, 9.17) is 0 Å². The van der Waals surface area contributed by atoms with Gasteiger partial charge in [0.05, 0.1) is 12.0 Å². The van der Waals surface area contributed by atoms with Crippen molar-refractivity contribution in [1.82, 2.24) is 23.8 Å². The second kappa shape index (κ2) is 6.99. The normalized spacial score (nSPS) is 16.4. The van der Waals surface area contributed by atoms with E-state index >= 15 is 0 Å². The Labute approximate surface area is 150 Å². The number of piperidine rings is 1. The molecule has 7 heteroatoms. The average Bonchev–Trinajstić information content (AvgIpc) is 3.02. The Balaban J connectivity index is 1.35. The van der Waals surface area contributed by atoms with Crippen LogP contribution in [-0.4, -0.2) is 36.9 Å². The van der Waals surface area contributed by atoms with Crippen LogP contribution in [0.15, 0.2) is 41.8 Å². The van der Waals surface area contributed by atoms with E-state index in [0.717, 1.165) is 50.4 Å². The van der Waals surface area contributed by atoms with E-state index in [1.807, 2.05) is 6.20 Å². The van der Waals surface area contributed by atoms with E-state index in [0.29, 0.717) is 11.5 Å². The van der Waals surface area contributed by atoms with E-state index in [9.17, 15) is 9.18 Å². The summed E-state index contributed by atoms with van der Waals surface area (Å²) in [5.74, 6) is 0.228. The van der Waals surface area contributed by atoms with Gasteiger partial charge in [0, 0.05) is 37.2 Å². The number of hydrogen-bond acceptors (Lipinski definition) is 4. The smallest absolute Gasteiger partial charge is 0.256 e. The van der Waals surface area contributed by atoms with Crippen molar-refractivity contribution in [2.24, 2.45) is 5.92 Å². The molecule has 0 radical (unpaired) electrons. The van der Waals surface area contributed by atoms with Crippen LogP contribution in [0.4, 0.5) is 4.39 Å². The van der Waals surface area contributed by atoms with Gasteiger partial charge in [-0.2, -0.15) is 0 Å². The summed E-state index contributed by atoms with van der Waals surface area (Å²) >= 11 is 0. The Kier molecular flexibility index (Phi) is 4.55. The Bertz CT molecular complexity index is 971. The molecule has 0 amide bonds. The predicted molar refractivity (Wildman–Crippen MR) is 96.4 cm³/mol. The average molecular weight is 355 g/mol. The number of nitrogens with zero attached hydrogens (tertiary/aromatic N) is 5. The molecule has 0 spiro atoms. The highest BCUT2D eigenvalue weighted by Crippen LogP contribution is 2.20. The monoisotopic (exact) mass is 355 g/mol. The van der Waals surface area contributed by atoms with Crippen LogP contribution in [0.1, 0.15) is 24.1 Å². The van der Waals surface area contributed by atoms with Gasteiger partial charge in [0.2, 0.25) is 0 Å². The summed E-state index contributed by atoms with van der Waals surface area (Å²) < 4.78 is 16.8. The molecule has 4 rings (SSSR count). The van der Waals surface area contributed by atoms with Gasteiger partial charge in [-0.25, -0.2) is 14.4 Å². The van der Waals surface area contributed by atoms with Crippen molar-refractivity contribution in [3.05, 3.63) is 64.5 Å². The van der Waals surface area contributed by atoms with Gasteiger partial charge in [-0.15, -0.1) is 0 Å². The number of aromatic nitrogens is 4. The summed E-state index contributed by atoms with van der Waals surface area (Å²) in [6.07, 6.45) is 8.68. The van der Waals surface area contributed by atoms with Crippen LogP contribution in [0.25, 0.3) is 5.65 Å². The van der Waals surface area contributed by atoms with Crippen LogP contribution in [-0.2, 0) is 13.1 Å². The lowest BCUT2D eigenvalue weighted by Gasteiger charge is -2.31. The minimum Gasteiger partial charge on any atom is -0.304 e. The molecular formula is C19H22FN5O. The second-order valence-electron chi connectivity index (χ2n) is 7.10. The molecule has 0 N–H and O–H groups in total. The summed E-state index contributed by atoms with van der Waals surface area (Å²) in [6.45, 7) is 5.24. The molecule has 26 heavy (non-hydrogen) atoms. The summed E-state index contributed by atoms with van der Waals surface area (Å²) in [7, 11) is 0. The standard InChI is InChI=1S/C19H22FN5O/c1-14-8-21-13-25(19(14)26)9-15-4-6-23(7-5-15)11-17-12-24-10-16(20)2-3-18(24)22-17/h2-3,8,10,12-13,15H,4-7,9,11H2,1H3. The maximum absolute atomic E-state index is 13.3. The van der Waals surface area contributed by atoms with Crippen LogP contribution < -0.4 is 5.56 Å². The molecule has 6 nitrogen and oxygen atoms in total. The zero-order valence-corrected chi connectivity index (χ0v) is 14.8. The summed E-state index contributed by atoms with van der Waals surface area (Å²) in [5.41, 5.74) is 2.46. The zero-order valence-electron chi connectivity index (χ0n) is 14.8. The van der Waals surface area contributed by atoms with Gasteiger partial charge in [-0.05, 0) is 50.9 Å².